The van der Waals surface area contributed by atoms with E-state index in [0.717, 1.165) is 39.0 Å². The first-order chi connectivity index (χ1) is 8.92. The molecule has 1 heterocycles. The van der Waals surface area contributed by atoms with Crippen molar-refractivity contribution in [3.8, 4) is 0 Å². The molecule has 0 radical (unpaired) electrons. The van der Waals surface area contributed by atoms with Gasteiger partial charge in [-0.2, -0.15) is 13.2 Å². The van der Waals surface area contributed by atoms with Gasteiger partial charge in [-0.1, -0.05) is 6.92 Å². The number of nitrogens with one attached hydrogen (secondary N) is 1. The second-order valence-electron chi connectivity index (χ2n) is 5.23. The van der Waals surface area contributed by atoms with Crippen LogP contribution in [0.4, 0.5) is 13.2 Å². The van der Waals surface area contributed by atoms with Crippen molar-refractivity contribution in [3.05, 3.63) is 0 Å². The Hall–Kier alpha value is -0.330. The van der Waals surface area contributed by atoms with Gasteiger partial charge >= 0.3 is 6.18 Å². The third-order valence-corrected chi connectivity index (χ3v) is 3.36. The molecule has 1 aliphatic heterocycles. The molecule has 0 aromatic heterocycles. The monoisotopic (exact) mass is 282 g/mol. The molecule has 0 saturated carbocycles. The zero-order valence-corrected chi connectivity index (χ0v) is 11.8. The minimum atomic E-state index is -4.13. The summed E-state index contributed by atoms with van der Waals surface area (Å²) in [6.45, 7) is 6.02. The molecule has 3 nitrogen and oxygen atoms in total. The summed E-state index contributed by atoms with van der Waals surface area (Å²) in [4.78, 5) is 2.22. The summed E-state index contributed by atoms with van der Waals surface area (Å²) >= 11 is 0. The molecule has 1 saturated heterocycles. The Morgan fingerprint density at radius 2 is 2.16 bits per heavy atom. The number of nitrogens with zero attached hydrogens (tertiary/aromatic N) is 1. The van der Waals surface area contributed by atoms with Crippen LogP contribution < -0.4 is 5.32 Å². The fourth-order valence-corrected chi connectivity index (χ4v) is 2.34. The van der Waals surface area contributed by atoms with E-state index in [9.17, 15) is 13.2 Å². The van der Waals surface area contributed by atoms with Gasteiger partial charge in [-0.05, 0) is 32.7 Å². The summed E-state index contributed by atoms with van der Waals surface area (Å²) in [5.41, 5.74) is 0. The molecule has 19 heavy (non-hydrogen) atoms. The Labute approximate surface area is 113 Å². The normalized spacial score (nSPS) is 23.5. The van der Waals surface area contributed by atoms with Crippen molar-refractivity contribution in [2.45, 2.75) is 51.4 Å². The van der Waals surface area contributed by atoms with Gasteiger partial charge in [0.25, 0.3) is 0 Å². The standard InChI is InChI=1S/C13H25F3N2O/c1-3-7-19-12-5-4-6-18(9-12)11(2)8-17-10-13(14,15)16/h11-12,17H,3-10H2,1-2H3. The molecule has 1 aliphatic rings. The van der Waals surface area contributed by atoms with Gasteiger partial charge in [0.05, 0.1) is 12.6 Å². The Balaban J connectivity index is 2.25. The average molecular weight is 282 g/mol. The van der Waals surface area contributed by atoms with Crippen molar-refractivity contribution >= 4 is 0 Å². The molecule has 0 aliphatic carbocycles. The van der Waals surface area contributed by atoms with Crippen LogP contribution in [0.15, 0.2) is 0 Å². The van der Waals surface area contributed by atoms with Crippen molar-refractivity contribution < 1.29 is 17.9 Å². The van der Waals surface area contributed by atoms with Crippen LogP contribution in [-0.2, 0) is 4.74 Å². The molecule has 0 aromatic rings. The van der Waals surface area contributed by atoms with Crippen molar-refractivity contribution in [2.75, 3.05) is 32.8 Å². The molecule has 0 aromatic carbocycles. The molecule has 0 bridgehead atoms. The number of alkyl halides is 3. The van der Waals surface area contributed by atoms with Gasteiger partial charge in [-0.3, -0.25) is 4.90 Å². The van der Waals surface area contributed by atoms with Gasteiger partial charge in [0.2, 0.25) is 0 Å². The van der Waals surface area contributed by atoms with E-state index in [0.29, 0.717) is 6.54 Å². The van der Waals surface area contributed by atoms with Crippen LogP contribution in [0.3, 0.4) is 0 Å². The Bertz CT molecular complexity index is 249. The average Bonchev–Trinajstić information content (AvgIpc) is 2.35. The van der Waals surface area contributed by atoms with Gasteiger partial charge in [0.15, 0.2) is 0 Å². The summed E-state index contributed by atoms with van der Waals surface area (Å²) in [7, 11) is 0. The number of hydrogen-bond donors (Lipinski definition) is 1. The van der Waals surface area contributed by atoms with Crippen molar-refractivity contribution in [1.82, 2.24) is 10.2 Å². The van der Waals surface area contributed by atoms with Crippen LogP contribution in [0, 0.1) is 0 Å². The minimum Gasteiger partial charge on any atom is -0.377 e. The first kappa shape index (κ1) is 16.7. The first-order valence-electron chi connectivity index (χ1n) is 7.05. The largest absolute Gasteiger partial charge is 0.401 e. The van der Waals surface area contributed by atoms with Crippen LogP contribution in [-0.4, -0.2) is 56.0 Å². The van der Waals surface area contributed by atoms with E-state index >= 15 is 0 Å². The highest BCUT2D eigenvalue weighted by molar-refractivity contribution is 4.79. The lowest BCUT2D eigenvalue weighted by Crippen LogP contribution is -2.48. The second-order valence-corrected chi connectivity index (χ2v) is 5.23. The third kappa shape index (κ3) is 7.13. The van der Waals surface area contributed by atoms with Gasteiger partial charge in [-0.15, -0.1) is 0 Å². The maximum Gasteiger partial charge on any atom is 0.401 e. The minimum absolute atomic E-state index is 0.107. The SMILES string of the molecule is CCCOC1CCCN(C(C)CNCC(F)(F)F)C1. The third-order valence-electron chi connectivity index (χ3n) is 3.36. The number of piperidine rings is 1. The Morgan fingerprint density at radius 3 is 2.79 bits per heavy atom. The predicted molar refractivity (Wildman–Crippen MR) is 69.2 cm³/mol. The van der Waals surface area contributed by atoms with E-state index in [1.807, 2.05) is 6.92 Å². The Morgan fingerprint density at radius 1 is 1.42 bits per heavy atom. The van der Waals surface area contributed by atoms with Gasteiger partial charge in [0, 0.05) is 25.7 Å². The van der Waals surface area contributed by atoms with Crippen molar-refractivity contribution in [2.24, 2.45) is 0 Å². The number of halogens is 3. The highest BCUT2D eigenvalue weighted by Gasteiger charge is 2.28. The fourth-order valence-electron chi connectivity index (χ4n) is 2.34. The molecule has 0 spiro atoms. The molecule has 6 heteroatoms. The second kappa shape index (κ2) is 8.07. The fraction of sp³-hybridized carbons (Fsp3) is 1.00. The summed E-state index contributed by atoms with van der Waals surface area (Å²) in [6, 6.07) is 0.107. The molecule has 2 unspecified atom stereocenters. The highest BCUT2D eigenvalue weighted by atomic mass is 19.4. The summed E-state index contributed by atoms with van der Waals surface area (Å²) in [6.07, 6.45) is -0.788. The van der Waals surface area contributed by atoms with E-state index < -0.39 is 12.7 Å². The molecule has 0 amide bonds. The van der Waals surface area contributed by atoms with Gasteiger partial charge < -0.3 is 10.1 Å². The van der Waals surface area contributed by atoms with E-state index in [1.54, 1.807) is 0 Å². The lowest BCUT2D eigenvalue weighted by atomic mass is 10.1. The molecular weight excluding hydrogens is 257 g/mol. The maximum atomic E-state index is 12.1. The molecule has 1 fully saturated rings. The summed E-state index contributed by atoms with van der Waals surface area (Å²) in [5, 5.41) is 2.47. The lowest BCUT2D eigenvalue weighted by molar-refractivity contribution is -0.125. The smallest absolute Gasteiger partial charge is 0.377 e. The quantitative estimate of drug-likeness (QED) is 0.776. The van der Waals surface area contributed by atoms with E-state index in [4.69, 9.17) is 4.74 Å². The topological polar surface area (TPSA) is 24.5 Å². The van der Waals surface area contributed by atoms with Crippen LogP contribution in [0.2, 0.25) is 0 Å². The van der Waals surface area contributed by atoms with Crippen LogP contribution in [0.5, 0.6) is 0 Å². The first-order valence-corrected chi connectivity index (χ1v) is 7.05. The van der Waals surface area contributed by atoms with Crippen LogP contribution in [0.1, 0.15) is 33.1 Å². The summed E-state index contributed by atoms with van der Waals surface area (Å²) < 4.78 is 41.9. The van der Waals surface area contributed by atoms with Gasteiger partial charge in [-0.25, -0.2) is 0 Å². The maximum absolute atomic E-state index is 12.1. The molecule has 114 valence electrons. The van der Waals surface area contributed by atoms with Crippen molar-refractivity contribution in [1.29, 1.82) is 0 Å². The predicted octanol–water partition coefficient (Wildman–Crippen LogP) is 2.42. The van der Waals surface area contributed by atoms with E-state index in [1.165, 1.54) is 0 Å². The molecule has 1 N–H and O–H groups in total. The zero-order chi connectivity index (χ0) is 14.3. The number of likely N-dealkylation sites (tertiary alicyclic amines) is 1. The number of ether oxygens (including phenoxy) is 1. The lowest BCUT2D eigenvalue weighted by Gasteiger charge is -2.36. The molecular formula is C13H25F3N2O. The number of rotatable bonds is 7. The molecule has 1 rings (SSSR count). The Kier molecular flexibility index (Phi) is 7.10. The van der Waals surface area contributed by atoms with E-state index in [-0.39, 0.29) is 12.1 Å². The van der Waals surface area contributed by atoms with Crippen molar-refractivity contribution in [3.63, 3.8) is 0 Å². The highest BCUT2D eigenvalue weighted by Crippen LogP contribution is 2.16. The van der Waals surface area contributed by atoms with Crippen LogP contribution in [0.25, 0.3) is 0 Å². The number of hydrogen-bond acceptors (Lipinski definition) is 3. The molecule has 2 atom stereocenters. The van der Waals surface area contributed by atoms with Gasteiger partial charge in [0.1, 0.15) is 0 Å². The van der Waals surface area contributed by atoms with Crippen LogP contribution >= 0.6 is 0 Å². The zero-order valence-electron chi connectivity index (χ0n) is 11.8. The summed E-state index contributed by atoms with van der Waals surface area (Å²) in [5.74, 6) is 0. The van der Waals surface area contributed by atoms with E-state index in [2.05, 4.69) is 17.1 Å².